The monoisotopic (exact) mass is 233 g/mol. The molecule has 0 bridgehead atoms. The van der Waals surface area contributed by atoms with Crippen LogP contribution in [0.1, 0.15) is 38.3 Å². The second-order valence-electron chi connectivity index (χ2n) is 4.85. The van der Waals surface area contributed by atoms with Crippen molar-refractivity contribution in [3.63, 3.8) is 0 Å². The van der Waals surface area contributed by atoms with Crippen molar-refractivity contribution >= 4 is 0 Å². The lowest BCUT2D eigenvalue weighted by Gasteiger charge is -2.27. The van der Waals surface area contributed by atoms with E-state index in [2.05, 4.69) is 35.1 Å². The van der Waals surface area contributed by atoms with Gasteiger partial charge in [-0.1, -0.05) is 13.0 Å². The standard InChI is InChI=1S/C14H23N3/c1-3-14-6-9-17(10-8-16-14)12(2)13-5-4-7-15-11-13/h4-5,7,11-12,14,16H,3,6,8-10H2,1-2H3. The molecule has 0 amide bonds. The van der Waals surface area contributed by atoms with Crippen LogP contribution in [0.15, 0.2) is 24.5 Å². The van der Waals surface area contributed by atoms with E-state index in [-0.39, 0.29) is 0 Å². The Bertz CT molecular complexity index is 325. The Balaban J connectivity index is 1.98. The molecule has 0 aromatic carbocycles. The van der Waals surface area contributed by atoms with Crippen molar-refractivity contribution in [2.75, 3.05) is 19.6 Å². The van der Waals surface area contributed by atoms with E-state index in [4.69, 9.17) is 0 Å². The minimum Gasteiger partial charge on any atom is -0.313 e. The third-order valence-corrected chi connectivity index (χ3v) is 3.80. The lowest BCUT2D eigenvalue weighted by molar-refractivity contribution is 0.223. The van der Waals surface area contributed by atoms with Crippen molar-refractivity contribution in [1.29, 1.82) is 0 Å². The SMILES string of the molecule is CCC1CCN(C(C)c2cccnc2)CCN1. The number of rotatable bonds is 3. The van der Waals surface area contributed by atoms with E-state index in [9.17, 15) is 0 Å². The largest absolute Gasteiger partial charge is 0.313 e. The van der Waals surface area contributed by atoms with Gasteiger partial charge in [0.15, 0.2) is 0 Å². The summed E-state index contributed by atoms with van der Waals surface area (Å²) in [6.07, 6.45) is 6.31. The molecule has 2 unspecified atom stereocenters. The molecule has 2 atom stereocenters. The Hall–Kier alpha value is -0.930. The molecule has 3 nitrogen and oxygen atoms in total. The van der Waals surface area contributed by atoms with Gasteiger partial charge in [0.2, 0.25) is 0 Å². The van der Waals surface area contributed by atoms with Crippen molar-refractivity contribution in [1.82, 2.24) is 15.2 Å². The van der Waals surface area contributed by atoms with Gasteiger partial charge in [-0.2, -0.15) is 0 Å². The molecule has 1 fully saturated rings. The summed E-state index contributed by atoms with van der Waals surface area (Å²) in [5.74, 6) is 0. The number of pyridine rings is 1. The predicted octanol–water partition coefficient (Wildman–Crippen LogP) is 2.22. The fraction of sp³-hybridized carbons (Fsp3) is 0.643. The maximum absolute atomic E-state index is 4.21. The van der Waals surface area contributed by atoms with Crippen LogP contribution in [0, 0.1) is 0 Å². The van der Waals surface area contributed by atoms with Crippen molar-refractivity contribution in [3.8, 4) is 0 Å². The Kier molecular flexibility index (Phi) is 4.51. The van der Waals surface area contributed by atoms with Gasteiger partial charge in [-0.15, -0.1) is 0 Å². The fourth-order valence-corrected chi connectivity index (χ4v) is 2.52. The topological polar surface area (TPSA) is 28.2 Å². The molecule has 1 aromatic heterocycles. The first kappa shape index (κ1) is 12.5. The van der Waals surface area contributed by atoms with E-state index < -0.39 is 0 Å². The Labute approximate surface area is 104 Å². The Morgan fingerprint density at radius 2 is 2.41 bits per heavy atom. The normalized spacial score (nSPS) is 24.2. The minimum atomic E-state index is 0.473. The molecule has 1 aliphatic heterocycles. The van der Waals surface area contributed by atoms with Gasteiger partial charge < -0.3 is 5.32 Å². The quantitative estimate of drug-likeness (QED) is 0.867. The highest BCUT2D eigenvalue weighted by Crippen LogP contribution is 2.20. The van der Waals surface area contributed by atoms with Crippen molar-refractivity contribution in [3.05, 3.63) is 30.1 Å². The van der Waals surface area contributed by atoms with Gasteiger partial charge in [-0.05, 0) is 31.4 Å². The summed E-state index contributed by atoms with van der Waals surface area (Å²) in [5, 5.41) is 3.61. The lowest BCUT2D eigenvalue weighted by atomic mass is 10.1. The first-order valence-corrected chi connectivity index (χ1v) is 6.68. The van der Waals surface area contributed by atoms with Gasteiger partial charge in [0.1, 0.15) is 0 Å². The third-order valence-electron chi connectivity index (χ3n) is 3.80. The highest BCUT2D eigenvalue weighted by atomic mass is 15.2. The zero-order chi connectivity index (χ0) is 12.1. The average Bonchev–Trinajstić information content (AvgIpc) is 2.64. The molecular formula is C14H23N3. The minimum absolute atomic E-state index is 0.473. The zero-order valence-corrected chi connectivity index (χ0v) is 10.9. The number of aromatic nitrogens is 1. The summed E-state index contributed by atoms with van der Waals surface area (Å²) in [5.41, 5.74) is 1.32. The number of hydrogen-bond donors (Lipinski definition) is 1. The molecular weight excluding hydrogens is 210 g/mol. The molecule has 2 heterocycles. The number of hydrogen-bond acceptors (Lipinski definition) is 3. The van der Waals surface area contributed by atoms with Gasteiger partial charge in [-0.25, -0.2) is 0 Å². The molecule has 17 heavy (non-hydrogen) atoms. The van der Waals surface area contributed by atoms with E-state index in [1.807, 2.05) is 18.5 Å². The van der Waals surface area contributed by atoms with Crippen molar-refractivity contribution in [2.45, 2.75) is 38.8 Å². The number of nitrogens with zero attached hydrogens (tertiary/aromatic N) is 2. The van der Waals surface area contributed by atoms with Gasteiger partial charge in [0.25, 0.3) is 0 Å². The zero-order valence-electron chi connectivity index (χ0n) is 10.9. The summed E-state index contributed by atoms with van der Waals surface area (Å²) < 4.78 is 0. The maximum atomic E-state index is 4.21. The van der Waals surface area contributed by atoms with Crippen LogP contribution >= 0.6 is 0 Å². The molecule has 0 aliphatic carbocycles. The van der Waals surface area contributed by atoms with E-state index in [1.165, 1.54) is 24.9 Å². The van der Waals surface area contributed by atoms with Crippen LogP contribution in [0.4, 0.5) is 0 Å². The summed E-state index contributed by atoms with van der Waals surface area (Å²) >= 11 is 0. The molecule has 2 rings (SSSR count). The molecule has 0 radical (unpaired) electrons. The van der Waals surface area contributed by atoms with E-state index in [0.29, 0.717) is 12.1 Å². The second-order valence-corrected chi connectivity index (χ2v) is 4.85. The van der Waals surface area contributed by atoms with Gasteiger partial charge in [0, 0.05) is 44.1 Å². The summed E-state index contributed by atoms with van der Waals surface area (Å²) in [4.78, 5) is 6.77. The predicted molar refractivity (Wildman–Crippen MR) is 70.9 cm³/mol. The van der Waals surface area contributed by atoms with Crippen LogP contribution in [0.3, 0.4) is 0 Å². The van der Waals surface area contributed by atoms with Crippen molar-refractivity contribution < 1.29 is 0 Å². The molecule has 1 N–H and O–H groups in total. The van der Waals surface area contributed by atoms with Crippen LogP contribution in [0.5, 0.6) is 0 Å². The second kappa shape index (κ2) is 6.12. The molecule has 0 saturated carbocycles. The lowest BCUT2D eigenvalue weighted by Crippen LogP contribution is -2.31. The first-order valence-electron chi connectivity index (χ1n) is 6.68. The van der Waals surface area contributed by atoms with E-state index >= 15 is 0 Å². The highest BCUT2D eigenvalue weighted by molar-refractivity contribution is 5.13. The van der Waals surface area contributed by atoms with Crippen LogP contribution < -0.4 is 5.32 Å². The smallest absolute Gasteiger partial charge is 0.0335 e. The Morgan fingerprint density at radius 3 is 3.12 bits per heavy atom. The summed E-state index contributed by atoms with van der Waals surface area (Å²) in [6, 6.07) is 5.37. The first-order chi connectivity index (χ1) is 8.31. The van der Waals surface area contributed by atoms with E-state index in [0.717, 1.165) is 13.1 Å². The molecule has 1 saturated heterocycles. The summed E-state index contributed by atoms with van der Waals surface area (Å²) in [6.45, 7) is 7.96. The van der Waals surface area contributed by atoms with E-state index in [1.54, 1.807) is 0 Å². The average molecular weight is 233 g/mol. The van der Waals surface area contributed by atoms with Crippen LogP contribution in [-0.2, 0) is 0 Å². The summed E-state index contributed by atoms with van der Waals surface area (Å²) in [7, 11) is 0. The molecule has 1 aromatic rings. The molecule has 3 heteroatoms. The highest BCUT2D eigenvalue weighted by Gasteiger charge is 2.20. The van der Waals surface area contributed by atoms with Gasteiger partial charge >= 0.3 is 0 Å². The van der Waals surface area contributed by atoms with Crippen LogP contribution in [0.2, 0.25) is 0 Å². The van der Waals surface area contributed by atoms with Crippen molar-refractivity contribution in [2.24, 2.45) is 0 Å². The molecule has 94 valence electrons. The van der Waals surface area contributed by atoms with Crippen LogP contribution in [0.25, 0.3) is 0 Å². The molecule has 0 spiro atoms. The molecule has 1 aliphatic rings. The van der Waals surface area contributed by atoms with Gasteiger partial charge in [-0.3, -0.25) is 9.88 Å². The van der Waals surface area contributed by atoms with Gasteiger partial charge in [0.05, 0.1) is 0 Å². The third kappa shape index (κ3) is 3.27. The fourth-order valence-electron chi connectivity index (χ4n) is 2.52. The number of nitrogens with one attached hydrogen (secondary N) is 1. The maximum Gasteiger partial charge on any atom is 0.0335 e. The van der Waals surface area contributed by atoms with Crippen LogP contribution in [-0.4, -0.2) is 35.6 Å². The Morgan fingerprint density at radius 1 is 1.53 bits per heavy atom.